The van der Waals surface area contributed by atoms with Crippen LogP contribution in [0.4, 0.5) is 11.9 Å². The van der Waals surface area contributed by atoms with E-state index >= 15 is 0 Å². The van der Waals surface area contributed by atoms with Crippen LogP contribution in [0.1, 0.15) is 33.6 Å². The second-order valence-electron chi connectivity index (χ2n) is 5.45. The van der Waals surface area contributed by atoms with Crippen LogP contribution in [0.25, 0.3) is 0 Å². The van der Waals surface area contributed by atoms with Crippen molar-refractivity contribution in [1.29, 1.82) is 0 Å². The van der Waals surface area contributed by atoms with Crippen LogP contribution in [0, 0.1) is 5.41 Å². The molecule has 3 N–H and O–H groups in total. The molecule has 1 fully saturated rings. The lowest BCUT2D eigenvalue weighted by Gasteiger charge is -2.49. The molecule has 106 valence electrons. The molecule has 1 heterocycles. The van der Waals surface area contributed by atoms with E-state index in [1.54, 1.807) is 0 Å². The maximum absolute atomic E-state index is 9.72. The van der Waals surface area contributed by atoms with Gasteiger partial charge in [0, 0.05) is 18.0 Å². The lowest BCUT2D eigenvalue weighted by molar-refractivity contribution is -0.0512. The van der Waals surface area contributed by atoms with Crippen molar-refractivity contribution in [3.8, 4) is 0 Å². The van der Waals surface area contributed by atoms with Gasteiger partial charge in [-0.1, -0.05) is 20.8 Å². The Kier molecular flexibility index (Phi) is 4.10. The molecule has 0 spiro atoms. The zero-order valence-corrected chi connectivity index (χ0v) is 12.2. The van der Waals surface area contributed by atoms with Crippen molar-refractivity contribution in [3.63, 3.8) is 0 Å². The first-order chi connectivity index (χ1) is 8.93. The number of nitrogens with zero attached hydrogens (tertiary/aromatic N) is 3. The molecule has 2 atom stereocenters. The van der Waals surface area contributed by atoms with E-state index in [2.05, 4.69) is 32.5 Å². The Morgan fingerprint density at radius 2 is 2.00 bits per heavy atom. The zero-order chi connectivity index (χ0) is 14.0. The van der Waals surface area contributed by atoms with Gasteiger partial charge in [0.2, 0.25) is 17.2 Å². The summed E-state index contributed by atoms with van der Waals surface area (Å²) >= 11 is 5.88. The van der Waals surface area contributed by atoms with Crippen LogP contribution in [-0.2, 0) is 0 Å². The highest BCUT2D eigenvalue weighted by Crippen LogP contribution is 2.41. The lowest BCUT2D eigenvalue weighted by atomic mass is 9.65. The van der Waals surface area contributed by atoms with Crippen molar-refractivity contribution >= 4 is 23.5 Å². The largest absolute Gasteiger partial charge is 0.392 e. The first-order valence-electron chi connectivity index (χ1n) is 6.53. The molecule has 1 aromatic rings. The van der Waals surface area contributed by atoms with E-state index in [0.29, 0.717) is 18.3 Å². The van der Waals surface area contributed by atoms with Crippen molar-refractivity contribution in [3.05, 3.63) is 5.28 Å². The number of halogens is 1. The highest BCUT2D eigenvalue weighted by Gasteiger charge is 2.47. The van der Waals surface area contributed by atoms with Crippen LogP contribution < -0.4 is 10.6 Å². The third-order valence-corrected chi connectivity index (χ3v) is 3.83. The number of hydrogen-bond acceptors (Lipinski definition) is 6. The Bertz CT molecular complexity index is 454. The molecule has 19 heavy (non-hydrogen) atoms. The molecule has 0 aromatic carbocycles. The average molecular weight is 286 g/mol. The molecule has 1 aliphatic carbocycles. The second-order valence-corrected chi connectivity index (χ2v) is 5.79. The molecular formula is C12H20ClN5O. The van der Waals surface area contributed by atoms with E-state index in [1.165, 1.54) is 0 Å². The minimum Gasteiger partial charge on any atom is -0.392 e. The second kappa shape index (κ2) is 5.46. The molecule has 0 aliphatic heterocycles. The molecule has 6 nitrogen and oxygen atoms in total. The summed E-state index contributed by atoms with van der Waals surface area (Å²) in [6.45, 7) is 6.87. The fourth-order valence-corrected chi connectivity index (χ4v) is 2.19. The van der Waals surface area contributed by atoms with Gasteiger partial charge < -0.3 is 15.7 Å². The van der Waals surface area contributed by atoms with Crippen LogP contribution in [0.15, 0.2) is 0 Å². The summed E-state index contributed by atoms with van der Waals surface area (Å²) in [6, 6.07) is 0.139. The molecule has 1 saturated carbocycles. The van der Waals surface area contributed by atoms with Gasteiger partial charge in [0.05, 0.1) is 6.10 Å². The van der Waals surface area contributed by atoms with E-state index in [4.69, 9.17) is 11.6 Å². The highest BCUT2D eigenvalue weighted by molar-refractivity contribution is 6.28. The monoisotopic (exact) mass is 285 g/mol. The predicted octanol–water partition coefficient (Wildman–Crippen LogP) is 1.92. The molecule has 7 heteroatoms. The van der Waals surface area contributed by atoms with Gasteiger partial charge in [-0.15, -0.1) is 0 Å². The quantitative estimate of drug-likeness (QED) is 0.767. The zero-order valence-electron chi connectivity index (χ0n) is 11.4. The van der Waals surface area contributed by atoms with Crippen molar-refractivity contribution in [2.45, 2.75) is 45.8 Å². The predicted molar refractivity (Wildman–Crippen MR) is 75.4 cm³/mol. The van der Waals surface area contributed by atoms with Crippen molar-refractivity contribution < 1.29 is 5.11 Å². The Balaban J connectivity index is 2.06. The van der Waals surface area contributed by atoms with Gasteiger partial charge in [-0.05, 0) is 24.4 Å². The van der Waals surface area contributed by atoms with Gasteiger partial charge in [0.15, 0.2) is 0 Å². The maximum atomic E-state index is 9.72. The van der Waals surface area contributed by atoms with Crippen LogP contribution in [0.5, 0.6) is 0 Å². The molecule has 0 saturated heterocycles. The van der Waals surface area contributed by atoms with Gasteiger partial charge in [-0.25, -0.2) is 0 Å². The molecule has 2 unspecified atom stereocenters. The molecule has 2 rings (SSSR count). The Morgan fingerprint density at radius 1 is 1.32 bits per heavy atom. The SMILES string of the molecule is CCCNc1nc(Cl)nc(NC2CC(O)C2(C)C)n1. The third-order valence-electron chi connectivity index (χ3n) is 3.66. The summed E-state index contributed by atoms with van der Waals surface area (Å²) in [7, 11) is 0. The van der Waals surface area contributed by atoms with Crippen LogP contribution >= 0.6 is 11.6 Å². The fraction of sp³-hybridized carbons (Fsp3) is 0.750. The maximum Gasteiger partial charge on any atom is 0.229 e. The van der Waals surface area contributed by atoms with Crippen molar-refractivity contribution in [2.75, 3.05) is 17.2 Å². The number of aliphatic hydroxyl groups excluding tert-OH is 1. The molecule has 0 amide bonds. The van der Waals surface area contributed by atoms with Gasteiger partial charge in [0.25, 0.3) is 0 Å². The first kappa shape index (κ1) is 14.3. The van der Waals surface area contributed by atoms with Crippen LogP contribution in [0.3, 0.4) is 0 Å². The molecule has 0 radical (unpaired) electrons. The number of anilines is 2. The number of aliphatic hydroxyl groups is 1. The summed E-state index contributed by atoms with van der Waals surface area (Å²) in [5.74, 6) is 0.922. The van der Waals surface area contributed by atoms with E-state index in [-0.39, 0.29) is 22.8 Å². The minimum atomic E-state index is -0.292. The van der Waals surface area contributed by atoms with Crippen LogP contribution in [-0.4, -0.2) is 38.7 Å². The van der Waals surface area contributed by atoms with E-state index < -0.39 is 0 Å². The summed E-state index contributed by atoms with van der Waals surface area (Å²) in [5, 5.41) is 16.2. The third kappa shape index (κ3) is 3.06. The smallest absolute Gasteiger partial charge is 0.229 e. The number of rotatable bonds is 5. The Morgan fingerprint density at radius 3 is 2.58 bits per heavy atom. The van der Waals surface area contributed by atoms with Gasteiger partial charge in [-0.2, -0.15) is 15.0 Å². The molecular weight excluding hydrogens is 266 g/mol. The van der Waals surface area contributed by atoms with Gasteiger partial charge in [-0.3, -0.25) is 0 Å². The van der Waals surface area contributed by atoms with Crippen molar-refractivity contribution in [1.82, 2.24) is 15.0 Å². The lowest BCUT2D eigenvalue weighted by Crippen LogP contribution is -2.57. The summed E-state index contributed by atoms with van der Waals surface area (Å²) < 4.78 is 0. The van der Waals surface area contributed by atoms with E-state index in [9.17, 15) is 5.11 Å². The average Bonchev–Trinajstić information content (AvgIpc) is 2.35. The van der Waals surface area contributed by atoms with E-state index in [0.717, 1.165) is 13.0 Å². The molecule has 1 aliphatic rings. The number of aromatic nitrogens is 3. The Hall–Kier alpha value is -1.14. The Labute approximate surface area is 118 Å². The fourth-order valence-electron chi connectivity index (χ4n) is 2.03. The normalized spacial score (nSPS) is 24.7. The minimum absolute atomic E-state index is 0.139. The van der Waals surface area contributed by atoms with Gasteiger partial charge >= 0.3 is 0 Å². The molecule has 1 aromatic heterocycles. The van der Waals surface area contributed by atoms with E-state index in [1.807, 2.05) is 13.8 Å². The summed E-state index contributed by atoms with van der Waals surface area (Å²) in [4.78, 5) is 12.4. The number of nitrogens with one attached hydrogen (secondary N) is 2. The summed E-state index contributed by atoms with van der Waals surface area (Å²) in [5.41, 5.74) is -0.184. The number of hydrogen-bond donors (Lipinski definition) is 3. The highest BCUT2D eigenvalue weighted by atomic mass is 35.5. The topological polar surface area (TPSA) is 83.0 Å². The summed E-state index contributed by atoms with van der Waals surface area (Å²) in [6.07, 6.45) is 1.38. The molecule has 0 bridgehead atoms. The van der Waals surface area contributed by atoms with Gasteiger partial charge in [0.1, 0.15) is 0 Å². The first-order valence-corrected chi connectivity index (χ1v) is 6.91. The van der Waals surface area contributed by atoms with Crippen LogP contribution in [0.2, 0.25) is 5.28 Å². The van der Waals surface area contributed by atoms with Crippen molar-refractivity contribution in [2.24, 2.45) is 5.41 Å². The standard InChI is InChI=1S/C12H20ClN5O/c1-4-5-14-10-16-9(13)17-11(18-10)15-7-6-8(19)12(7,2)3/h7-8,19H,4-6H2,1-3H3,(H2,14,15,16,17,18).